The summed E-state index contributed by atoms with van der Waals surface area (Å²) in [7, 11) is 0. The second kappa shape index (κ2) is 5.89. The molecule has 0 saturated heterocycles. The van der Waals surface area contributed by atoms with Gasteiger partial charge in [-0.1, -0.05) is 31.9 Å². The van der Waals surface area contributed by atoms with Crippen LogP contribution in [0.2, 0.25) is 0 Å². The molecule has 1 aliphatic carbocycles. The van der Waals surface area contributed by atoms with E-state index in [1.165, 1.54) is 32.1 Å². The summed E-state index contributed by atoms with van der Waals surface area (Å²) in [5.74, 6) is 0.777. The summed E-state index contributed by atoms with van der Waals surface area (Å²) in [6.45, 7) is 0.955. The van der Waals surface area contributed by atoms with Crippen molar-refractivity contribution < 1.29 is 4.79 Å². The van der Waals surface area contributed by atoms with E-state index in [9.17, 15) is 4.79 Å². The summed E-state index contributed by atoms with van der Waals surface area (Å²) >= 11 is 4.76. The van der Waals surface area contributed by atoms with E-state index in [4.69, 9.17) is 0 Å². The minimum Gasteiger partial charge on any atom is -0.273 e. The third kappa shape index (κ3) is 4.38. The Hall–Kier alpha value is 0.330. The molecule has 1 saturated carbocycles. The van der Waals surface area contributed by atoms with Crippen molar-refractivity contribution in [3.05, 3.63) is 0 Å². The van der Waals surface area contributed by atoms with Gasteiger partial charge in [-0.2, -0.15) is 0 Å². The Bertz CT molecular complexity index is 146. The summed E-state index contributed by atoms with van der Waals surface area (Å²) < 4.78 is 2.90. The molecule has 0 bridgehead atoms. The van der Waals surface area contributed by atoms with Crippen molar-refractivity contribution in [3.63, 3.8) is 0 Å². The maximum absolute atomic E-state index is 10.5. The summed E-state index contributed by atoms with van der Waals surface area (Å²) in [6, 6.07) is 0. The van der Waals surface area contributed by atoms with Gasteiger partial charge in [0, 0.05) is 18.5 Å². The zero-order valence-corrected chi connectivity index (χ0v) is 8.79. The molecule has 1 N–H and O–H groups in total. The van der Waals surface area contributed by atoms with Crippen molar-refractivity contribution in [1.29, 1.82) is 0 Å². The molecule has 1 aliphatic rings. The zero-order chi connectivity index (χ0) is 8.81. The Labute approximate surface area is 83.4 Å². The highest BCUT2D eigenvalue weighted by molar-refractivity contribution is 8.31. The van der Waals surface area contributed by atoms with Crippen LogP contribution < -0.4 is 4.72 Å². The standard InChI is InChI=1S/C8H15NOS2/c10-8(11)12-9-6-7-4-2-1-3-5-7/h7,9H,1-6H2,(H,10,11). The lowest BCUT2D eigenvalue weighted by Gasteiger charge is -2.20. The van der Waals surface area contributed by atoms with Crippen LogP contribution in [0.4, 0.5) is 4.79 Å². The first-order chi connectivity index (χ1) is 5.79. The number of carbonyl (C=O) groups excluding carboxylic acids is 1. The highest BCUT2D eigenvalue weighted by Crippen LogP contribution is 2.23. The van der Waals surface area contributed by atoms with Gasteiger partial charge in [-0.3, -0.25) is 9.52 Å². The molecule has 2 nitrogen and oxygen atoms in total. The molecule has 0 aliphatic heterocycles. The largest absolute Gasteiger partial charge is 0.273 e. The molecule has 70 valence electrons. The van der Waals surface area contributed by atoms with Gasteiger partial charge in [-0.15, -0.1) is 0 Å². The molecule has 12 heavy (non-hydrogen) atoms. The minimum atomic E-state index is -0.147. The summed E-state index contributed by atoms with van der Waals surface area (Å²) in [5.41, 5.74) is 0. The number of thiol groups is 1. The summed E-state index contributed by atoms with van der Waals surface area (Å²) in [6.07, 6.45) is 6.72. The average Bonchev–Trinajstić information content (AvgIpc) is 2.05. The lowest BCUT2D eigenvalue weighted by molar-refractivity contribution is 0.276. The van der Waals surface area contributed by atoms with Gasteiger partial charge in [-0.05, 0) is 18.8 Å². The van der Waals surface area contributed by atoms with E-state index in [0.29, 0.717) is 0 Å². The van der Waals surface area contributed by atoms with Gasteiger partial charge >= 0.3 is 0 Å². The van der Waals surface area contributed by atoms with Crippen LogP contribution in [-0.2, 0) is 0 Å². The van der Waals surface area contributed by atoms with Crippen LogP contribution in [0.25, 0.3) is 0 Å². The molecule has 0 atom stereocenters. The van der Waals surface area contributed by atoms with E-state index in [0.717, 1.165) is 24.4 Å². The lowest BCUT2D eigenvalue weighted by atomic mass is 9.90. The second-order valence-corrected chi connectivity index (χ2v) is 4.79. The molecule has 0 aromatic rings. The first kappa shape index (κ1) is 10.4. The van der Waals surface area contributed by atoms with E-state index >= 15 is 0 Å². The number of hydrogen-bond donors (Lipinski definition) is 2. The monoisotopic (exact) mass is 205 g/mol. The van der Waals surface area contributed by atoms with Crippen LogP contribution >= 0.6 is 24.6 Å². The van der Waals surface area contributed by atoms with Crippen molar-refractivity contribution >= 4 is 29.0 Å². The Morgan fingerprint density at radius 2 is 2.08 bits per heavy atom. The predicted molar refractivity (Wildman–Crippen MR) is 56.6 cm³/mol. The van der Waals surface area contributed by atoms with Crippen molar-refractivity contribution in [2.75, 3.05) is 6.54 Å². The second-order valence-electron chi connectivity index (χ2n) is 3.22. The maximum Gasteiger partial charge on any atom is 0.257 e. The summed E-state index contributed by atoms with van der Waals surface area (Å²) in [5, 5.41) is 0. The van der Waals surface area contributed by atoms with Crippen molar-refractivity contribution in [3.8, 4) is 0 Å². The fraction of sp³-hybridized carbons (Fsp3) is 0.875. The van der Waals surface area contributed by atoms with Gasteiger partial charge < -0.3 is 0 Å². The quantitative estimate of drug-likeness (QED) is 0.548. The van der Waals surface area contributed by atoms with Crippen LogP contribution in [0.15, 0.2) is 0 Å². The Morgan fingerprint density at radius 1 is 1.42 bits per heavy atom. The van der Waals surface area contributed by atoms with E-state index in [1.807, 2.05) is 0 Å². The number of rotatable bonds is 3. The van der Waals surface area contributed by atoms with Gasteiger partial charge in [0.1, 0.15) is 0 Å². The molecule has 0 heterocycles. The van der Waals surface area contributed by atoms with Crippen LogP contribution in [0.3, 0.4) is 0 Å². The normalized spacial score (nSPS) is 19.4. The molecule has 0 unspecified atom stereocenters. The van der Waals surface area contributed by atoms with Crippen molar-refractivity contribution in [2.24, 2.45) is 5.92 Å². The van der Waals surface area contributed by atoms with E-state index in [2.05, 4.69) is 17.4 Å². The van der Waals surface area contributed by atoms with E-state index in [1.54, 1.807) is 0 Å². The smallest absolute Gasteiger partial charge is 0.257 e. The van der Waals surface area contributed by atoms with Gasteiger partial charge in [0.2, 0.25) is 0 Å². The Balaban J connectivity index is 2.01. The maximum atomic E-state index is 10.5. The van der Waals surface area contributed by atoms with Crippen molar-refractivity contribution in [2.45, 2.75) is 32.1 Å². The number of nitrogens with one attached hydrogen (secondary N) is 1. The van der Waals surface area contributed by atoms with Crippen LogP contribution in [-0.4, -0.2) is 11.0 Å². The van der Waals surface area contributed by atoms with Gasteiger partial charge in [0.25, 0.3) is 4.45 Å². The molecule has 0 spiro atoms. The SMILES string of the molecule is O=C(S)SNCC1CCCCC1. The first-order valence-electron chi connectivity index (χ1n) is 4.41. The minimum absolute atomic E-state index is 0.147. The molecular weight excluding hydrogens is 190 g/mol. The molecule has 0 aromatic carbocycles. The Kier molecular flexibility index (Phi) is 5.11. The van der Waals surface area contributed by atoms with Crippen LogP contribution in [0.5, 0.6) is 0 Å². The average molecular weight is 205 g/mol. The molecule has 1 rings (SSSR count). The molecule has 0 radical (unpaired) electrons. The fourth-order valence-corrected chi connectivity index (χ4v) is 2.25. The molecule has 0 aromatic heterocycles. The molecule has 1 fully saturated rings. The van der Waals surface area contributed by atoms with Crippen molar-refractivity contribution in [1.82, 2.24) is 4.72 Å². The van der Waals surface area contributed by atoms with E-state index in [-0.39, 0.29) is 4.45 Å². The molecule has 0 amide bonds. The number of carbonyl (C=O) groups is 1. The molecule has 4 heteroatoms. The third-order valence-corrected chi connectivity index (χ3v) is 3.02. The predicted octanol–water partition coefficient (Wildman–Crippen LogP) is 2.85. The van der Waals surface area contributed by atoms with Gasteiger partial charge in [-0.25, -0.2) is 0 Å². The lowest BCUT2D eigenvalue weighted by Crippen LogP contribution is -2.19. The van der Waals surface area contributed by atoms with E-state index < -0.39 is 0 Å². The fourth-order valence-electron chi connectivity index (χ4n) is 1.61. The summed E-state index contributed by atoms with van der Waals surface area (Å²) in [4.78, 5) is 10.5. The van der Waals surface area contributed by atoms with Gasteiger partial charge in [0.15, 0.2) is 0 Å². The van der Waals surface area contributed by atoms with Crippen LogP contribution in [0, 0.1) is 5.92 Å². The van der Waals surface area contributed by atoms with Gasteiger partial charge in [0.05, 0.1) is 0 Å². The topological polar surface area (TPSA) is 29.1 Å². The Morgan fingerprint density at radius 3 is 2.67 bits per heavy atom. The van der Waals surface area contributed by atoms with Crippen LogP contribution in [0.1, 0.15) is 32.1 Å². The first-order valence-corrected chi connectivity index (χ1v) is 5.68. The third-order valence-electron chi connectivity index (χ3n) is 2.26. The number of hydrogen-bond acceptors (Lipinski definition) is 3. The molecular formula is C8H15NOS2. The highest BCUT2D eigenvalue weighted by atomic mass is 32.2. The highest BCUT2D eigenvalue weighted by Gasteiger charge is 2.12. The zero-order valence-electron chi connectivity index (χ0n) is 7.08.